The molecule has 4 rings (SSSR count). The first-order valence-electron chi connectivity index (χ1n) is 19.7. The van der Waals surface area contributed by atoms with Gasteiger partial charge in [0.05, 0.1) is 12.2 Å². The molecule has 0 heterocycles. The predicted octanol–water partition coefficient (Wildman–Crippen LogP) is 12.2. The summed E-state index contributed by atoms with van der Waals surface area (Å²) in [4.78, 5) is 36.0. The molecule has 0 aliphatic carbocycles. The van der Waals surface area contributed by atoms with Crippen molar-refractivity contribution in [3.63, 3.8) is 0 Å². The quantitative estimate of drug-likeness (QED) is 0.0551. The van der Waals surface area contributed by atoms with Gasteiger partial charge in [0, 0.05) is 12.1 Å². The van der Waals surface area contributed by atoms with Crippen LogP contribution >= 0.6 is 0 Å². The molecule has 0 saturated carbocycles. The topological polar surface area (TPSA) is 122 Å². The van der Waals surface area contributed by atoms with Crippen molar-refractivity contribution >= 4 is 34.3 Å². The van der Waals surface area contributed by atoms with Gasteiger partial charge in [0.25, 0.3) is 0 Å². The fourth-order valence-electron chi connectivity index (χ4n) is 6.49. The SMILES string of the molecule is CCCCCCCCCCCCCCCCCCOc1ccc(CCC(=O)Nc2ccc(Oc3ccc4cc(C(=O)O)ccc4c3)c(C(=O)O)c2)cc1. The summed E-state index contributed by atoms with van der Waals surface area (Å²) in [5.41, 5.74) is 1.45. The number of fused-ring (bicyclic) bond motifs is 1. The lowest BCUT2D eigenvalue weighted by Gasteiger charge is -2.12. The summed E-state index contributed by atoms with van der Waals surface area (Å²) in [5, 5.41) is 23.3. The highest BCUT2D eigenvalue weighted by atomic mass is 16.5. The molecule has 0 saturated heterocycles. The van der Waals surface area contributed by atoms with E-state index in [1.807, 2.05) is 24.3 Å². The fourth-order valence-corrected chi connectivity index (χ4v) is 6.49. The molecule has 0 atom stereocenters. The first-order valence-corrected chi connectivity index (χ1v) is 19.7. The van der Waals surface area contributed by atoms with Crippen LogP contribution < -0.4 is 14.8 Å². The molecule has 0 aromatic heterocycles. The van der Waals surface area contributed by atoms with E-state index in [9.17, 15) is 24.6 Å². The highest BCUT2D eigenvalue weighted by Gasteiger charge is 2.15. The predicted molar refractivity (Wildman–Crippen MR) is 213 cm³/mol. The summed E-state index contributed by atoms with van der Waals surface area (Å²) in [6, 6.07) is 22.1. The van der Waals surface area contributed by atoms with E-state index in [0.717, 1.165) is 28.5 Å². The molecule has 1 amide bonds. The van der Waals surface area contributed by atoms with Crippen molar-refractivity contribution in [1.82, 2.24) is 0 Å². The van der Waals surface area contributed by atoms with Crippen molar-refractivity contribution < 1.29 is 34.1 Å². The van der Waals surface area contributed by atoms with Crippen LogP contribution in [0, 0.1) is 0 Å². The minimum Gasteiger partial charge on any atom is -0.494 e. The average Bonchev–Trinajstić information content (AvgIpc) is 3.16. The van der Waals surface area contributed by atoms with Gasteiger partial charge >= 0.3 is 11.9 Å². The molecule has 0 fully saturated rings. The van der Waals surface area contributed by atoms with E-state index < -0.39 is 11.9 Å². The van der Waals surface area contributed by atoms with E-state index in [1.54, 1.807) is 36.4 Å². The highest BCUT2D eigenvalue weighted by Crippen LogP contribution is 2.31. The molecule has 0 bridgehead atoms. The van der Waals surface area contributed by atoms with Gasteiger partial charge < -0.3 is 25.0 Å². The monoisotopic (exact) mass is 723 g/mol. The van der Waals surface area contributed by atoms with Gasteiger partial charge in [0.15, 0.2) is 0 Å². The molecular formula is C45H57NO7. The van der Waals surface area contributed by atoms with Gasteiger partial charge in [-0.3, -0.25) is 4.79 Å². The lowest BCUT2D eigenvalue weighted by molar-refractivity contribution is -0.116. The lowest BCUT2D eigenvalue weighted by Crippen LogP contribution is -2.13. The molecule has 0 aliphatic heterocycles. The Hall–Kier alpha value is -4.85. The minimum atomic E-state index is -1.19. The van der Waals surface area contributed by atoms with Gasteiger partial charge in [-0.1, -0.05) is 128 Å². The van der Waals surface area contributed by atoms with Crippen molar-refractivity contribution in [2.75, 3.05) is 11.9 Å². The van der Waals surface area contributed by atoms with Gasteiger partial charge in [-0.15, -0.1) is 0 Å². The molecule has 0 radical (unpaired) electrons. The Kier molecular flexibility index (Phi) is 17.7. The zero-order valence-corrected chi connectivity index (χ0v) is 31.4. The number of aryl methyl sites for hydroxylation is 1. The van der Waals surface area contributed by atoms with Crippen LogP contribution in [0.1, 0.15) is 142 Å². The second-order valence-corrected chi connectivity index (χ2v) is 14.0. The number of amides is 1. The maximum atomic E-state index is 12.7. The molecule has 0 unspecified atom stereocenters. The first kappa shape index (κ1) is 40.9. The van der Waals surface area contributed by atoms with Crippen molar-refractivity contribution in [1.29, 1.82) is 0 Å². The van der Waals surface area contributed by atoms with Gasteiger partial charge in [0.1, 0.15) is 22.8 Å². The van der Waals surface area contributed by atoms with Crippen LogP contribution in [0.3, 0.4) is 0 Å². The Labute approximate surface area is 314 Å². The van der Waals surface area contributed by atoms with Crippen LogP contribution in [0.25, 0.3) is 10.8 Å². The fraction of sp³-hybridized carbons (Fsp3) is 0.444. The number of carboxylic acid groups (broad SMARTS) is 2. The number of carboxylic acids is 2. The van der Waals surface area contributed by atoms with Gasteiger partial charge in [-0.05, 0) is 83.8 Å². The number of carbonyl (C=O) groups is 3. The number of rotatable bonds is 26. The van der Waals surface area contributed by atoms with Crippen LogP contribution in [-0.2, 0) is 11.2 Å². The molecule has 8 heteroatoms. The Balaban J connectivity index is 1.09. The number of hydrogen-bond donors (Lipinski definition) is 3. The largest absolute Gasteiger partial charge is 0.494 e. The zero-order chi connectivity index (χ0) is 37.7. The molecule has 4 aromatic carbocycles. The molecule has 0 spiro atoms. The van der Waals surface area contributed by atoms with Crippen molar-refractivity contribution in [2.24, 2.45) is 0 Å². The van der Waals surface area contributed by atoms with E-state index in [-0.39, 0.29) is 29.2 Å². The van der Waals surface area contributed by atoms with Crippen molar-refractivity contribution in [3.05, 3.63) is 95.6 Å². The van der Waals surface area contributed by atoms with Crippen molar-refractivity contribution in [2.45, 2.75) is 122 Å². The van der Waals surface area contributed by atoms with Crippen LogP contribution in [0.5, 0.6) is 17.2 Å². The summed E-state index contributed by atoms with van der Waals surface area (Å²) in [6.07, 6.45) is 22.3. The number of nitrogens with one attached hydrogen (secondary N) is 1. The Morgan fingerprint density at radius 1 is 0.585 bits per heavy atom. The third kappa shape index (κ3) is 15.0. The molecule has 53 heavy (non-hydrogen) atoms. The standard InChI is InChI=1S/C45H57NO7/c1-2-3-4-5-6-7-8-9-10-11-12-13-14-15-16-17-30-52-39-25-18-34(19-26-39)20-29-43(47)46-38-24-28-42(41(33-38)45(50)51)53-40-27-23-35-31-37(44(48)49)22-21-36(35)32-40/h18-19,21-28,31-33H,2-17,20,29-30H2,1H3,(H,46,47)(H,48,49)(H,50,51). The van der Waals surface area contributed by atoms with Crippen LogP contribution in [0.4, 0.5) is 5.69 Å². The highest BCUT2D eigenvalue weighted by molar-refractivity contribution is 5.96. The molecular weight excluding hydrogens is 666 g/mol. The number of hydrogen-bond acceptors (Lipinski definition) is 5. The Morgan fingerprint density at radius 2 is 1.15 bits per heavy atom. The Bertz CT molecular complexity index is 1730. The van der Waals surface area contributed by atoms with E-state index in [0.29, 0.717) is 24.5 Å². The molecule has 284 valence electrons. The second-order valence-electron chi connectivity index (χ2n) is 14.0. The van der Waals surface area contributed by atoms with Gasteiger partial charge in [0.2, 0.25) is 5.91 Å². The summed E-state index contributed by atoms with van der Waals surface area (Å²) < 4.78 is 11.8. The number of benzene rings is 4. The maximum Gasteiger partial charge on any atom is 0.339 e. The number of carbonyl (C=O) groups excluding carboxylic acids is 1. The Morgan fingerprint density at radius 3 is 1.75 bits per heavy atom. The van der Waals surface area contributed by atoms with Crippen LogP contribution in [-0.4, -0.2) is 34.7 Å². The molecule has 8 nitrogen and oxygen atoms in total. The minimum absolute atomic E-state index is 0.0979. The summed E-state index contributed by atoms with van der Waals surface area (Å²) >= 11 is 0. The van der Waals surface area contributed by atoms with Gasteiger partial charge in [-0.2, -0.15) is 0 Å². The van der Waals surface area contributed by atoms with E-state index in [1.165, 1.54) is 115 Å². The number of ether oxygens (including phenoxy) is 2. The number of aromatic carboxylic acids is 2. The van der Waals surface area contributed by atoms with Crippen molar-refractivity contribution in [3.8, 4) is 17.2 Å². The number of anilines is 1. The summed E-state index contributed by atoms with van der Waals surface area (Å²) in [6.45, 7) is 2.98. The third-order valence-electron chi connectivity index (χ3n) is 9.61. The van der Waals surface area contributed by atoms with Crippen LogP contribution in [0.2, 0.25) is 0 Å². The second kappa shape index (κ2) is 22.9. The van der Waals surface area contributed by atoms with Crippen LogP contribution in [0.15, 0.2) is 78.9 Å². The van der Waals surface area contributed by atoms with E-state index >= 15 is 0 Å². The lowest BCUT2D eigenvalue weighted by atomic mass is 10.0. The third-order valence-corrected chi connectivity index (χ3v) is 9.61. The maximum absolute atomic E-state index is 12.7. The zero-order valence-electron chi connectivity index (χ0n) is 31.4. The molecule has 0 aliphatic rings. The number of unbranched alkanes of at least 4 members (excludes halogenated alkanes) is 15. The average molecular weight is 724 g/mol. The molecule has 3 N–H and O–H groups in total. The van der Waals surface area contributed by atoms with E-state index in [2.05, 4.69) is 12.2 Å². The van der Waals surface area contributed by atoms with Gasteiger partial charge in [-0.25, -0.2) is 9.59 Å². The first-order chi connectivity index (χ1) is 25.8. The summed E-state index contributed by atoms with van der Waals surface area (Å²) in [7, 11) is 0. The molecule has 4 aromatic rings. The normalized spacial score (nSPS) is 11.0. The summed E-state index contributed by atoms with van der Waals surface area (Å²) in [5.74, 6) is -1.08. The van der Waals surface area contributed by atoms with E-state index in [4.69, 9.17) is 9.47 Å². The smallest absolute Gasteiger partial charge is 0.339 e.